The van der Waals surface area contributed by atoms with Crippen LogP contribution in [0.25, 0.3) is 0 Å². The van der Waals surface area contributed by atoms with E-state index in [1.807, 2.05) is 4.90 Å². The first-order chi connectivity index (χ1) is 12.1. The van der Waals surface area contributed by atoms with E-state index in [1.165, 1.54) is 6.07 Å². The van der Waals surface area contributed by atoms with Crippen LogP contribution < -0.4 is 11.1 Å². The van der Waals surface area contributed by atoms with Crippen LogP contribution in [0.3, 0.4) is 0 Å². The molecule has 0 aliphatic carbocycles. The Balaban J connectivity index is 1.62. The van der Waals surface area contributed by atoms with E-state index in [4.69, 9.17) is 5.73 Å². The van der Waals surface area contributed by atoms with Crippen molar-refractivity contribution < 1.29 is 14.0 Å². The number of fused-ring (bicyclic) bond motifs is 1. The van der Waals surface area contributed by atoms with Crippen molar-refractivity contribution in [3.05, 3.63) is 35.6 Å². The van der Waals surface area contributed by atoms with E-state index in [2.05, 4.69) is 5.32 Å². The lowest BCUT2D eigenvalue weighted by Gasteiger charge is -2.45. The Morgan fingerprint density at radius 3 is 2.76 bits per heavy atom. The van der Waals surface area contributed by atoms with Gasteiger partial charge in [-0.1, -0.05) is 18.2 Å². The molecule has 2 amide bonds. The number of nitrogens with two attached hydrogens (primary N) is 1. The highest BCUT2D eigenvalue weighted by atomic mass is 19.1. The van der Waals surface area contributed by atoms with Crippen molar-refractivity contribution in [1.82, 2.24) is 15.1 Å². The van der Waals surface area contributed by atoms with Gasteiger partial charge in [0.1, 0.15) is 17.9 Å². The highest BCUT2D eigenvalue weighted by Crippen LogP contribution is 2.20. The monoisotopic (exact) mass is 348 g/mol. The molecule has 136 valence electrons. The molecule has 2 atom stereocenters. The van der Waals surface area contributed by atoms with Gasteiger partial charge in [-0.15, -0.1) is 0 Å². The average molecular weight is 348 g/mol. The van der Waals surface area contributed by atoms with Crippen LogP contribution in [0.15, 0.2) is 24.3 Å². The third-order valence-electron chi connectivity index (χ3n) is 4.96. The second-order valence-electron chi connectivity index (χ2n) is 6.72. The molecule has 0 bridgehead atoms. The van der Waals surface area contributed by atoms with Gasteiger partial charge in [-0.25, -0.2) is 4.39 Å². The summed E-state index contributed by atoms with van der Waals surface area (Å²) >= 11 is 0. The normalized spacial score (nSPS) is 24.2. The van der Waals surface area contributed by atoms with Gasteiger partial charge in [0.25, 0.3) is 0 Å². The van der Waals surface area contributed by atoms with Crippen molar-refractivity contribution in [2.45, 2.75) is 37.9 Å². The number of halogens is 1. The summed E-state index contributed by atoms with van der Waals surface area (Å²) in [7, 11) is 0. The van der Waals surface area contributed by atoms with Crippen LogP contribution in [0.5, 0.6) is 0 Å². The Labute approximate surface area is 147 Å². The van der Waals surface area contributed by atoms with Crippen molar-refractivity contribution in [3.63, 3.8) is 0 Å². The Morgan fingerprint density at radius 1 is 1.20 bits per heavy atom. The summed E-state index contributed by atoms with van der Waals surface area (Å²) in [5.41, 5.74) is 6.10. The SMILES string of the molecule is NCCCC[C@@H]1NC(=O)[C@H]2CN(Cc3ccccc3F)CCN2C1=O. The first-order valence-corrected chi connectivity index (χ1v) is 8.87. The number of benzene rings is 1. The van der Waals surface area contributed by atoms with Gasteiger partial charge < -0.3 is 16.0 Å². The topological polar surface area (TPSA) is 78.7 Å². The van der Waals surface area contributed by atoms with Gasteiger partial charge in [-0.2, -0.15) is 0 Å². The maximum atomic E-state index is 13.8. The summed E-state index contributed by atoms with van der Waals surface area (Å²) < 4.78 is 13.8. The molecule has 2 heterocycles. The van der Waals surface area contributed by atoms with Crippen LogP contribution in [0.4, 0.5) is 4.39 Å². The number of carbonyl (C=O) groups is 2. The molecule has 25 heavy (non-hydrogen) atoms. The Morgan fingerprint density at radius 2 is 2.00 bits per heavy atom. The van der Waals surface area contributed by atoms with Gasteiger partial charge in [-0.05, 0) is 31.9 Å². The van der Waals surface area contributed by atoms with Crippen molar-refractivity contribution in [3.8, 4) is 0 Å². The van der Waals surface area contributed by atoms with Crippen molar-refractivity contribution in [1.29, 1.82) is 0 Å². The van der Waals surface area contributed by atoms with E-state index < -0.39 is 12.1 Å². The number of nitrogens with one attached hydrogen (secondary N) is 1. The van der Waals surface area contributed by atoms with Crippen molar-refractivity contribution >= 4 is 11.8 Å². The van der Waals surface area contributed by atoms with Crippen LogP contribution in [0.2, 0.25) is 0 Å². The van der Waals surface area contributed by atoms with Gasteiger partial charge in [0.15, 0.2) is 0 Å². The largest absolute Gasteiger partial charge is 0.342 e. The lowest BCUT2D eigenvalue weighted by Crippen LogP contribution is -2.69. The van der Waals surface area contributed by atoms with E-state index in [1.54, 1.807) is 23.1 Å². The first kappa shape index (κ1) is 17.8. The number of unbranched alkanes of at least 4 members (excludes halogenated alkanes) is 1. The molecule has 0 radical (unpaired) electrons. The molecule has 2 aliphatic rings. The molecule has 6 nitrogen and oxygen atoms in total. The van der Waals surface area contributed by atoms with Gasteiger partial charge in [0.05, 0.1) is 0 Å². The zero-order chi connectivity index (χ0) is 17.8. The molecule has 2 saturated heterocycles. The second-order valence-corrected chi connectivity index (χ2v) is 6.72. The predicted octanol–water partition coefficient (Wildman–Crippen LogP) is 0.466. The molecule has 7 heteroatoms. The zero-order valence-electron chi connectivity index (χ0n) is 14.3. The molecular weight excluding hydrogens is 323 g/mol. The third-order valence-corrected chi connectivity index (χ3v) is 4.96. The highest BCUT2D eigenvalue weighted by molar-refractivity contribution is 5.97. The Kier molecular flexibility index (Phi) is 5.65. The fraction of sp³-hybridized carbons (Fsp3) is 0.556. The first-order valence-electron chi connectivity index (χ1n) is 8.87. The van der Waals surface area contributed by atoms with Gasteiger partial charge >= 0.3 is 0 Å². The smallest absolute Gasteiger partial charge is 0.245 e. The van der Waals surface area contributed by atoms with Gasteiger partial charge in [0.2, 0.25) is 11.8 Å². The molecule has 3 N–H and O–H groups in total. The Hall–Kier alpha value is -1.99. The lowest BCUT2D eigenvalue weighted by molar-refractivity contribution is -0.153. The zero-order valence-corrected chi connectivity index (χ0v) is 14.3. The minimum Gasteiger partial charge on any atom is -0.342 e. The molecule has 0 saturated carbocycles. The maximum Gasteiger partial charge on any atom is 0.245 e. The fourth-order valence-electron chi connectivity index (χ4n) is 3.56. The minimum absolute atomic E-state index is 0.00726. The lowest BCUT2D eigenvalue weighted by atomic mass is 10.00. The Bertz CT molecular complexity index is 639. The van der Waals surface area contributed by atoms with Gasteiger partial charge in [-0.3, -0.25) is 14.5 Å². The van der Waals surface area contributed by atoms with Crippen LogP contribution in [-0.2, 0) is 16.1 Å². The summed E-state index contributed by atoms with van der Waals surface area (Å²) in [4.78, 5) is 28.8. The number of hydrogen-bond donors (Lipinski definition) is 2. The molecule has 1 aromatic rings. The summed E-state index contributed by atoms with van der Waals surface area (Å²) in [5, 5.41) is 2.85. The maximum absolute atomic E-state index is 13.8. The number of rotatable bonds is 6. The number of piperazine rings is 2. The summed E-state index contributed by atoms with van der Waals surface area (Å²) in [6, 6.07) is 5.73. The number of nitrogens with zero attached hydrogens (tertiary/aromatic N) is 2. The summed E-state index contributed by atoms with van der Waals surface area (Å²) in [6.07, 6.45) is 2.30. The highest BCUT2D eigenvalue weighted by Gasteiger charge is 2.42. The molecule has 2 fully saturated rings. The summed E-state index contributed by atoms with van der Waals surface area (Å²) in [6.45, 7) is 2.60. The average Bonchev–Trinajstić information content (AvgIpc) is 2.61. The number of hydrogen-bond acceptors (Lipinski definition) is 4. The van der Waals surface area contributed by atoms with Crippen LogP contribution in [-0.4, -0.2) is 59.9 Å². The van der Waals surface area contributed by atoms with Crippen LogP contribution >= 0.6 is 0 Å². The van der Waals surface area contributed by atoms with Crippen LogP contribution in [0.1, 0.15) is 24.8 Å². The minimum atomic E-state index is -0.487. The van der Waals surface area contributed by atoms with E-state index in [0.717, 1.165) is 12.8 Å². The fourth-order valence-corrected chi connectivity index (χ4v) is 3.56. The molecule has 2 aliphatic heterocycles. The molecule has 0 unspecified atom stereocenters. The number of carbonyl (C=O) groups excluding carboxylic acids is 2. The molecule has 0 aromatic heterocycles. The quantitative estimate of drug-likeness (QED) is 0.733. The standard InChI is InChI=1S/C18H25FN4O2/c19-14-6-2-1-5-13(14)11-22-9-10-23-16(12-22)17(24)21-15(18(23)25)7-3-4-8-20/h1-2,5-6,15-16H,3-4,7-12,20H2,(H,21,24)/t15-,16+/m0/s1. The van der Waals surface area contributed by atoms with E-state index in [9.17, 15) is 14.0 Å². The van der Waals surface area contributed by atoms with E-state index >= 15 is 0 Å². The molecular formula is C18H25FN4O2. The molecule has 0 spiro atoms. The van der Waals surface area contributed by atoms with Crippen molar-refractivity contribution in [2.24, 2.45) is 5.73 Å². The van der Waals surface area contributed by atoms with E-state index in [0.29, 0.717) is 44.7 Å². The third kappa shape index (κ3) is 3.99. The van der Waals surface area contributed by atoms with Crippen molar-refractivity contribution in [2.75, 3.05) is 26.2 Å². The van der Waals surface area contributed by atoms with E-state index in [-0.39, 0.29) is 17.6 Å². The van der Waals surface area contributed by atoms with Gasteiger partial charge in [0, 0.05) is 31.7 Å². The molecule has 3 rings (SSSR count). The number of amides is 2. The van der Waals surface area contributed by atoms with Crippen LogP contribution in [0, 0.1) is 5.82 Å². The second kappa shape index (κ2) is 7.93. The summed E-state index contributed by atoms with van der Waals surface area (Å²) in [5.74, 6) is -0.364. The predicted molar refractivity (Wildman–Crippen MR) is 92.0 cm³/mol. The molecule has 1 aromatic carbocycles.